The molecule has 0 fully saturated rings. The zero-order valence-electron chi connectivity index (χ0n) is 20.0. The van der Waals surface area contributed by atoms with Crippen LogP contribution in [0.4, 0.5) is 0 Å². The Morgan fingerprint density at radius 1 is 1.19 bits per heavy atom. The number of hydroxylamine groups is 2. The van der Waals surface area contributed by atoms with E-state index < -0.39 is 23.4 Å². The summed E-state index contributed by atoms with van der Waals surface area (Å²) in [6.07, 6.45) is 2.21. The Bertz CT molecular complexity index is 705. The van der Waals surface area contributed by atoms with Crippen molar-refractivity contribution in [1.82, 2.24) is 15.7 Å². The van der Waals surface area contributed by atoms with E-state index in [0.717, 1.165) is 12.0 Å². The summed E-state index contributed by atoms with van der Waals surface area (Å²) in [5, 5.41) is 16.1. The zero-order chi connectivity index (χ0) is 24.1. The van der Waals surface area contributed by atoms with Gasteiger partial charge in [0.2, 0.25) is 18.2 Å². The molecule has 0 aliphatic carbocycles. The highest BCUT2D eigenvalue weighted by Gasteiger charge is 2.36. The number of benzene rings is 1. The van der Waals surface area contributed by atoms with Gasteiger partial charge in [-0.05, 0) is 44.1 Å². The molecule has 0 spiro atoms. The summed E-state index contributed by atoms with van der Waals surface area (Å²) in [5.74, 6) is -1.33. The van der Waals surface area contributed by atoms with E-state index in [1.54, 1.807) is 6.92 Å². The maximum absolute atomic E-state index is 13.2. The fraction of sp³-hybridized carbons (Fsp3) is 0.625. The van der Waals surface area contributed by atoms with E-state index >= 15 is 0 Å². The Hall–Kier alpha value is -2.45. The number of hydrogen-bond acceptors (Lipinski definition) is 5. The van der Waals surface area contributed by atoms with Crippen molar-refractivity contribution in [3.8, 4) is 0 Å². The molecule has 0 saturated carbocycles. The fourth-order valence-corrected chi connectivity index (χ4v) is 3.46. The molecule has 0 bridgehead atoms. The van der Waals surface area contributed by atoms with Crippen molar-refractivity contribution in [3.05, 3.63) is 35.9 Å². The first-order valence-corrected chi connectivity index (χ1v) is 11.2. The van der Waals surface area contributed by atoms with Crippen molar-refractivity contribution in [2.45, 2.75) is 66.0 Å². The maximum atomic E-state index is 13.2. The highest BCUT2D eigenvalue weighted by atomic mass is 16.5. The predicted molar refractivity (Wildman–Crippen MR) is 123 cm³/mol. The molecule has 8 nitrogen and oxygen atoms in total. The Balaban J connectivity index is 2.88. The molecule has 1 aromatic rings. The van der Waals surface area contributed by atoms with Crippen LogP contribution in [0.3, 0.4) is 0 Å². The lowest BCUT2D eigenvalue weighted by Gasteiger charge is -2.33. The Kier molecular flexibility index (Phi) is 11.9. The molecule has 3 N–H and O–H groups in total. The van der Waals surface area contributed by atoms with E-state index in [2.05, 4.69) is 10.6 Å². The number of carbonyl (C=O) groups excluding carboxylic acids is 3. The van der Waals surface area contributed by atoms with Gasteiger partial charge in [-0.1, -0.05) is 51.1 Å². The highest BCUT2D eigenvalue weighted by Crippen LogP contribution is 2.23. The SMILES string of the molecule is CCOCCNC(=O)[C@@H](NC(=O)[C@H](CCCc1ccccc1)[C@H](C)N(O)C=O)C(C)(C)C. The number of nitrogens with one attached hydrogen (secondary N) is 2. The second-order valence-electron chi connectivity index (χ2n) is 9.01. The molecule has 0 aliphatic heterocycles. The third kappa shape index (κ3) is 9.36. The van der Waals surface area contributed by atoms with Crippen molar-refractivity contribution in [2.24, 2.45) is 11.3 Å². The van der Waals surface area contributed by atoms with Crippen LogP contribution in [0.2, 0.25) is 0 Å². The Labute approximate surface area is 191 Å². The van der Waals surface area contributed by atoms with E-state index in [-0.39, 0.29) is 11.8 Å². The number of aryl methyl sites for hydroxylation is 1. The lowest BCUT2D eigenvalue weighted by Crippen LogP contribution is -2.56. The maximum Gasteiger partial charge on any atom is 0.243 e. The average Bonchev–Trinajstić information content (AvgIpc) is 2.76. The van der Waals surface area contributed by atoms with Gasteiger partial charge in [-0.2, -0.15) is 0 Å². The minimum atomic E-state index is -0.774. The van der Waals surface area contributed by atoms with Crippen molar-refractivity contribution < 1.29 is 24.3 Å². The van der Waals surface area contributed by atoms with Crippen molar-refractivity contribution in [3.63, 3.8) is 0 Å². The Morgan fingerprint density at radius 2 is 1.84 bits per heavy atom. The number of hydrogen-bond donors (Lipinski definition) is 3. The molecule has 0 aliphatic rings. The lowest BCUT2D eigenvalue weighted by atomic mass is 9.84. The molecule has 3 atom stereocenters. The lowest BCUT2D eigenvalue weighted by molar-refractivity contribution is -0.166. The van der Waals surface area contributed by atoms with Gasteiger partial charge in [0.05, 0.1) is 18.6 Å². The van der Waals surface area contributed by atoms with E-state index in [0.29, 0.717) is 44.1 Å². The molecule has 0 unspecified atom stereocenters. The average molecular weight is 450 g/mol. The molecule has 32 heavy (non-hydrogen) atoms. The molecule has 8 heteroatoms. The van der Waals surface area contributed by atoms with E-state index in [1.165, 1.54) is 0 Å². The summed E-state index contributed by atoms with van der Waals surface area (Å²) in [7, 11) is 0. The van der Waals surface area contributed by atoms with Gasteiger partial charge >= 0.3 is 0 Å². The molecule has 0 saturated heterocycles. The number of ether oxygens (including phenoxy) is 1. The van der Waals surface area contributed by atoms with Crippen LogP contribution >= 0.6 is 0 Å². The molecule has 1 aromatic carbocycles. The normalized spacial score (nSPS) is 14.2. The molecule has 0 heterocycles. The van der Waals surface area contributed by atoms with Crippen LogP contribution in [0.25, 0.3) is 0 Å². The molecule has 0 aromatic heterocycles. The van der Waals surface area contributed by atoms with Crippen LogP contribution in [-0.4, -0.2) is 60.3 Å². The second kappa shape index (κ2) is 13.9. The van der Waals surface area contributed by atoms with Crippen LogP contribution in [0.5, 0.6) is 0 Å². The fourth-order valence-electron chi connectivity index (χ4n) is 3.46. The highest BCUT2D eigenvalue weighted by molar-refractivity contribution is 5.89. The van der Waals surface area contributed by atoms with E-state index in [9.17, 15) is 19.6 Å². The predicted octanol–water partition coefficient (Wildman–Crippen LogP) is 2.55. The third-order valence-electron chi connectivity index (χ3n) is 5.43. The molecule has 0 radical (unpaired) electrons. The van der Waals surface area contributed by atoms with Gasteiger partial charge in [0.1, 0.15) is 6.04 Å². The largest absolute Gasteiger partial charge is 0.380 e. The number of nitrogens with zero attached hydrogens (tertiary/aromatic N) is 1. The third-order valence-corrected chi connectivity index (χ3v) is 5.43. The summed E-state index contributed by atoms with van der Waals surface area (Å²) in [6, 6.07) is 8.40. The Morgan fingerprint density at radius 3 is 2.41 bits per heavy atom. The van der Waals surface area contributed by atoms with E-state index in [4.69, 9.17) is 4.74 Å². The molecular weight excluding hydrogens is 410 g/mol. The monoisotopic (exact) mass is 449 g/mol. The second-order valence-corrected chi connectivity index (χ2v) is 9.01. The van der Waals surface area contributed by atoms with Crippen LogP contribution in [0, 0.1) is 11.3 Å². The summed E-state index contributed by atoms with van der Waals surface area (Å²) < 4.78 is 5.25. The zero-order valence-corrected chi connectivity index (χ0v) is 20.0. The summed E-state index contributed by atoms with van der Waals surface area (Å²) in [5.41, 5.74) is 0.615. The van der Waals surface area contributed by atoms with Crippen LogP contribution in [0.15, 0.2) is 30.3 Å². The summed E-state index contributed by atoms with van der Waals surface area (Å²) in [4.78, 5) is 37.1. The molecule has 3 amide bonds. The van der Waals surface area contributed by atoms with E-state index in [1.807, 2.05) is 58.0 Å². The van der Waals surface area contributed by atoms with Gasteiger partial charge in [-0.3, -0.25) is 19.6 Å². The van der Waals surface area contributed by atoms with Gasteiger partial charge in [-0.25, -0.2) is 5.06 Å². The molecule has 180 valence electrons. The number of carbonyl (C=O) groups is 3. The van der Waals surface area contributed by atoms with Crippen molar-refractivity contribution in [1.29, 1.82) is 0 Å². The van der Waals surface area contributed by atoms with Crippen LogP contribution in [-0.2, 0) is 25.5 Å². The van der Waals surface area contributed by atoms with Gasteiger partial charge in [0.25, 0.3) is 0 Å². The number of rotatable bonds is 14. The minimum Gasteiger partial charge on any atom is -0.380 e. The topological polar surface area (TPSA) is 108 Å². The number of amides is 3. The smallest absolute Gasteiger partial charge is 0.243 e. The standard InChI is InChI=1S/C24H39N3O5/c1-6-32-16-15-25-23(30)21(24(3,4)5)26-22(29)20(18(2)27(31)17-28)14-10-13-19-11-8-7-9-12-19/h7-9,11-12,17-18,20-21,31H,6,10,13-16H2,1-5H3,(H,25,30)(H,26,29)/t18-,20+,21+/m0/s1. The van der Waals surface area contributed by atoms with Gasteiger partial charge in [0, 0.05) is 13.2 Å². The first-order valence-electron chi connectivity index (χ1n) is 11.2. The summed E-state index contributed by atoms with van der Waals surface area (Å²) >= 11 is 0. The van der Waals surface area contributed by atoms with Crippen LogP contribution < -0.4 is 10.6 Å². The first kappa shape index (κ1) is 27.6. The van der Waals surface area contributed by atoms with Gasteiger partial charge in [0.15, 0.2) is 0 Å². The minimum absolute atomic E-state index is 0.294. The van der Waals surface area contributed by atoms with Crippen molar-refractivity contribution in [2.75, 3.05) is 19.8 Å². The molecular formula is C24H39N3O5. The van der Waals surface area contributed by atoms with Gasteiger partial charge < -0.3 is 15.4 Å². The van der Waals surface area contributed by atoms with Crippen LogP contribution in [0.1, 0.15) is 53.0 Å². The quantitative estimate of drug-likeness (QED) is 0.175. The van der Waals surface area contributed by atoms with Crippen molar-refractivity contribution >= 4 is 18.2 Å². The first-order chi connectivity index (χ1) is 15.1. The van der Waals surface area contributed by atoms with Gasteiger partial charge in [-0.15, -0.1) is 0 Å². The molecule has 1 rings (SSSR count). The summed E-state index contributed by atoms with van der Waals surface area (Å²) in [6.45, 7) is 10.4.